The maximum Gasteiger partial charge on any atom is 0.0622 e. The van der Waals surface area contributed by atoms with Crippen LogP contribution in [0.2, 0.25) is 5.02 Å². The quantitative estimate of drug-likeness (QED) is 0.776. The number of hydrogen-bond acceptors (Lipinski definition) is 2. The molecule has 0 unspecified atom stereocenters. The van der Waals surface area contributed by atoms with Gasteiger partial charge in [0.15, 0.2) is 0 Å². The minimum Gasteiger partial charge on any atom is -0.310 e. The predicted octanol–water partition coefficient (Wildman–Crippen LogP) is 3.29. The normalized spacial score (nSPS) is 12.1. The van der Waals surface area contributed by atoms with E-state index >= 15 is 0 Å². The van der Waals surface area contributed by atoms with E-state index in [1.165, 1.54) is 5.56 Å². The highest BCUT2D eigenvalue weighted by molar-refractivity contribution is 6.30. The van der Waals surface area contributed by atoms with Crippen molar-refractivity contribution in [3.8, 4) is 6.07 Å². The summed E-state index contributed by atoms with van der Waals surface area (Å²) in [6.07, 6.45) is 1.51. The molecular formula is C12H15ClN2. The van der Waals surface area contributed by atoms with E-state index in [4.69, 9.17) is 16.9 Å². The third-order valence-electron chi connectivity index (χ3n) is 2.29. The fraction of sp³-hybridized carbons (Fsp3) is 0.417. The van der Waals surface area contributed by atoms with Crippen LogP contribution in [0.1, 0.15) is 31.4 Å². The Labute approximate surface area is 95.9 Å². The van der Waals surface area contributed by atoms with Gasteiger partial charge in [-0.1, -0.05) is 23.7 Å². The molecule has 0 spiro atoms. The monoisotopic (exact) mass is 222 g/mol. The summed E-state index contributed by atoms with van der Waals surface area (Å²) in [4.78, 5) is 0. The van der Waals surface area contributed by atoms with Crippen LogP contribution in [0.4, 0.5) is 0 Å². The average molecular weight is 223 g/mol. The number of nitrogens with one attached hydrogen (secondary N) is 1. The molecule has 2 nitrogen and oxygen atoms in total. The number of unbranched alkanes of at least 4 members (excludes halogenated alkanes) is 1. The Hall–Kier alpha value is -1.04. The van der Waals surface area contributed by atoms with Gasteiger partial charge >= 0.3 is 0 Å². The maximum absolute atomic E-state index is 8.39. The zero-order valence-electron chi connectivity index (χ0n) is 8.83. The van der Waals surface area contributed by atoms with Gasteiger partial charge in [0.1, 0.15) is 0 Å². The van der Waals surface area contributed by atoms with E-state index in [1.54, 1.807) is 0 Å². The molecule has 0 aliphatic rings. The molecule has 1 aromatic rings. The molecule has 1 rings (SSSR count). The van der Waals surface area contributed by atoms with Crippen molar-refractivity contribution in [3.63, 3.8) is 0 Å². The van der Waals surface area contributed by atoms with Crippen molar-refractivity contribution in [1.29, 1.82) is 5.26 Å². The lowest BCUT2D eigenvalue weighted by Crippen LogP contribution is -2.19. The lowest BCUT2D eigenvalue weighted by atomic mass is 10.1. The summed E-state index contributed by atoms with van der Waals surface area (Å²) in [5, 5.41) is 12.5. The van der Waals surface area contributed by atoms with Crippen LogP contribution in [0.15, 0.2) is 24.3 Å². The molecule has 0 fully saturated rings. The molecule has 0 amide bonds. The Balaban J connectivity index is 2.37. The van der Waals surface area contributed by atoms with Gasteiger partial charge in [-0.3, -0.25) is 0 Å². The van der Waals surface area contributed by atoms with E-state index in [2.05, 4.69) is 18.3 Å². The molecule has 0 aliphatic carbocycles. The molecular weight excluding hydrogens is 208 g/mol. The van der Waals surface area contributed by atoms with Crippen LogP contribution < -0.4 is 5.32 Å². The second-order valence-electron chi connectivity index (χ2n) is 3.49. The van der Waals surface area contributed by atoms with Gasteiger partial charge < -0.3 is 5.32 Å². The van der Waals surface area contributed by atoms with Crippen LogP contribution in [0, 0.1) is 11.3 Å². The first kappa shape index (κ1) is 12.0. The highest BCUT2D eigenvalue weighted by Crippen LogP contribution is 2.15. The molecule has 3 heteroatoms. The van der Waals surface area contributed by atoms with Crippen LogP contribution in [-0.4, -0.2) is 6.54 Å². The fourth-order valence-electron chi connectivity index (χ4n) is 1.36. The lowest BCUT2D eigenvalue weighted by Gasteiger charge is -2.13. The van der Waals surface area contributed by atoms with Crippen molar-refractivity contribution in [2.24, 2.45) is 0 Å². The Bertz CT molecular complexity index is 326. The first-order valence-electron chi connectivity index (χ1n) is 5.10. The van der Waals surface area contributed by atoms with Gasteiger partial charge in [0.05, 0.1) is 6.07 Å². The van der Waals surface area contributed by atoms with Crippen LogP contribution in [-0.2, 0) is 0 Å². The molecule has 0 aromatic heterocycles. The number of hydrogen-bond donors (Lipinski definition) is 1. The van der Waals surface area contributed by atoms with Gasteiger partial charge in [0.25, 0.3) is 0 Å². The molecule has 1 N–H and O–H groups in total. The van der Waals surface area contributed by atoms with Gasteiger partial charge in [-0.15, -0.1) is 0 Å². The topological polar surface area (TPSA) is 35.8 Å². The van der Waals surface area contributed by atoms with Crippen LogP contribution >= 0.6 is 11.6 Å². The molecule has 0 heterocycles. The minimum atomic E-state index is 0.306. The zero-order valence-corrected chi connectivity index (χ0v) is 9.59. The van der Waals surface area contributed by atoms with E-state index in [0.29, 0.717) is 12.5 Å². The van der Waals surface area contributed by atoms with E-state index in [1.807, 2.05) is 24.3 Å². The summed E-state index contributed by atoms with van der Waals surface area (Å²) in [7, 11) is 0. The molecule has 15 heavy (non-hydrogen) atoms. The van der Waals surface area contributed by atoms with Gasteiger partial charge in [0, 0.05) is 17.5 Å². The Morgan fingerprint density at radius 2 is 2.07 bits per heavy atom. The predicted molar refractivity (Wildman–Crippen MR) is 62.7 cm³/mol. The Morgan fingerprint density at radius 1 is 1.40 bits per heavy atom. The van der Waals surface area contributed by atoms with Crippen LogP contribution in [0.5, 0.6) is 0 Å². The fourth-order valence-corrected chi connectivity index (χ4v) is 1.48. The third-order valence-corrected chi connectivity index (χ3v) is 2.54. The maximum atomic E-state index is 8.39. The van der Waals surface area contributed by atoms with Crippen molar-refractivity contribution >= 4 is 11.6 Å². The highest BCUT2D eigenvalue weighted by Gasteiger charge is 2.03. The summed E-state index contributed by atoms with van der Waals surface area (Å²) in [5.41, 5.74) is 1.22. The molecule has 0 bridgehead atoms. The second kappa shape index (κ2) is 6.44. The molecule has 0 saturated heterocycles. The highest BCUT2D eigenvalue weighted by atomic mass is 35.5. The standard InChI is InChI=1S/C12H15ClN2/c1-10(15-9-3-2-8-14)11-4-6-12(13)7-5-11/h4-7,10,15H,2-3,9H2,1H3/t10-/m1/s1. The Morgan fingerprint density at radius 3 is 2.67 bits per heavy atom. The smallest absolute Gasteiger partial charge is 0.0622 e. The van der Waals surface area contributed by atoms with Crippen molar-refractivity contribution in [2.75, 3.05) is 6.54 Å². The molecule has 80 valence electrons. The van der Waals surface area contributed by atoms with Crippen molar-refractivity contribution in [1.82, 2.24) is 5.32 Å². The van der Waals surface area contributed by atoms with Crippen LogP contribution in [0.25, 0.3) is 0 Å². The summed E-state index contributed by atoms with van der Waals surface area (Å²) >= 11 is 5.81. The van der Waals surface area contributed by atoms with E-state index in [0.717, 1.165) is 18.0 Å². The van der Waals surface area contributed by atoms with Crippen molar-refractivity contribution < 1.29 is 0 Å². The van der Waals surface area contributed by atoms with Crippen molar-refractivity contribution in [2.45, 2.75) is 25.8 Å². The third kappa shape index (κ3) is 4.33. The lowest BCUT2D eigenvalue weighted by molar-refractivity contribution is 0.562. The van der Waals surface area contributed by atoms with Crippen molar-refractivity contribution in [3.05, 3.63) is 34.9 Å². The molecule has 1 aromatic carbocycles. The number of nitriles is 1. The van der Waals surface area contributed by atoms with Gasteiger partial charge in [-0.2, -0.15) is 5.26 Å². The number of nitrogens with zero attached hydrogens (tertiary/aromatic N) is 1. The average Bonchev–Trinajstić information content (AvgIpc) is 2.25. The first-order chi connectivity index (χ1) is 7.24. The summed E-state index contributed by atoms with van der Waals surface area (Å²) < 4.78 is 0. The van der Waals surface area contributed by atoms with Gasteiger partial charge in [0.2, 0.25) is 0 Å². The molecule has 0 saturated carbocycles. The first-order valence-corrected chi connectivity index (χ1v) is 5.47. The number of halogens is 1. The second-order valence-corrected chi connectivity index (χ2v) is 3.93. The number of rotatable bonds is 5. The zero-order chi connectivity index (χ0) is 11.1. The molecule has 0 aliphatic heterocycles. The number of benzene rings is 1. The summed E-state index contributed by atoms with van der Waals surface area (Å²) in [5.74, 6) is 0. The van der Waals surface area contributed by atoms with Crippen LogP contribution in [0.3, 0.4) is 0 Å². The summed E-state index contributed by atoms with van der Waals surface area (Å²) in [6, 6.07) is 10.3. The van der Waals surface area contributed by atoms with E-state index in [-0.39, 0.29) is 0 Å². The minimum absolute atomic E-state index is 0.306. The Kier molecular flexibility index (Phi) is 5.17. The van der Waals surface area contributed by atoms with Gasteiger partial charge in [-0.25, -0.2) is 0 Å². The van der Waals surface area contributed by atoms with E-state index < -0.39 is 0 Å². The summed E-state index contributed by atoms with van der Waals surface area (Å²) in [6.45, 7) is 2.98. The van der Waals surface area contributed by atoms with Gasteiger partial charge in [-0.05, 0) is 37.6 Å². The SMILES string of the molecule is C[C@@H](NCCCC#N)c1ccc(Cl)cc1. The largest absolute Gasteiger partial charge is 0.310 e. The van der Waals surface area contributed by atoms with E-state index in [9.17, 15) is 0 Å². The molecule has 1 atom stereocenters. The molecule has 0 radical (unpaired) electrons.